The van der Waals surface area contributed by atoms with Gasteiger partial charge < -0.3 is 23.5 Å². The first-order valence-electron chi connectivity index (χ1n) is 11.6. The number of rotatable bonds is 11. The molecule has 2 heterocycles. The lowest BCUT2D eigenvalue weighted by Gasteiger charge is -2.24. The fourth-order valence-corrected chi connectivity index (χ4v) is 4.13. The molecule has 0 unspecified atom stereocenters. The molecule has 0 amide bonds. The van der Waals surface area contributed by atoms with Crippen molar-refractivity contribution in [3.05, 3.63) is 60.2 Å². The summed E-state index contributed by atoms with van der Waals surface area (Å²) < 4.78 is 23.3. The van der Waals surface area contributed by atoms with E-state index in [4.69, 9.17) is 18.6 Å². The summed E-state index contributed by atoms with van der Waals surface area (Å²) >= 11 is 0. The van der Waals surface area contributed by atoms with E-state index in [0.717, 1.165) is 59.0 Å². The maximum absolute atomic E-state index is 6.54. The number of methoxy groups -OCH3 is 1. The Labute approximate surface area is 195 Å². The molecule has 0 spiro atoms. The highest BCUT2D eigenvalue weighted by Gasteiger charge is 2.27. The summed E-state index contributed by atoms with van der Waals surface area (Å²) in [4.78, 5) is 6.85. The van der Waals surface area contributed by atoms with Gasteiger partial charge in [-0.05, 0) is 38.0 Å². The minimum absolute atomic E-state index is 0.167. The molecule has 3 aromatic rings. The van der Waals surface area contributed by atoms with Crippen LogP contribution in [0.4, 0.5) is 5.88 Å². The first kappa shape index (κ1) is 23.1. The zero-order chi connectivity index (χ0) is 23.0. The Hall–Kier alpha value is -3.09. The zero-order valence-corrected chi connectivity index (χ0v) is 19.6. The lowest BCUT2D eigenvalue weighted by Crippen LogP contribution is -2.29. The highest BCUT2D eigenvalue weighted by molar-refractivity contribution is 6.02. The normalized spacial score (nSPS) is 12.9. The van der Waals surface area contributed by atoms with Gasteiger partial charge in [0, 0.05) is 43.5 Å². The first-order chi connectivity index (χ1) is 16.2. The molecule has 1 aromatic heterocycles. The highest BCUT2D eigenvalue weighted by atomic mass is 16.7. The number of hydrogen-bond acceptors (Lipinski definition) is 6. The Bertz CT molecular complexity index is 1040. The minimum atomic E-state index is -0.167. The molecule has 1 aliphatic rings. The van der Waals surface area contributed by atoms with Crippen molar-refractivity contribution in [3.8, 4) is 28.2 Å². The van der Waals surface area contributed by atoms with Crippen LogP contribution in [-0.4, -0.2) is 46.0 Å². The van der Waals surface area contributed by atoms with E-state index < -0.39 is 0 Å². The number of anilines is 1. The molecule has 0 bridgehead atoms. The van der Waals surface area contributed by atoms with Crippen molar-refractivity contribution < 1.29 is 18.6 Å². The number of hydrogen-bond donors (Lipinski definition) is 0. The van der Waals surface area contributed by atoms with Crippen LogP contribution < -0.4 is 9.64 Å². The third-order valence-electron chi connectivity index (χ3n) is 5.67. The lowest BCUT2D eigenvalue weighted by atomic mass is 9.97. The van der Waals surface area contributed by atoms with Gasteiger partial charge in [0.05, 0.1) is 12.7 Å². The Morgan fingerprint density at radius 1 is 0.970 bits per heavy atom. The van der Waals surface area contributed by atoms with Crippen LogP contribution in [0.5, 0.6) is 5.75 Å². The molecular formula is C27H32N2O4. The summed E-state index contributed by atoms with van der Waals surface area (Å²) in [6.45, 7) is 6.66. The maximum atomic E-state index is 6.54. The minimum Gasteiger partial charge on any atom is -0.497 e. The van der Waals surface area contributed by atoms with Crippen molar-refractivity contribution in [2.45, 2.75) is 33.0 Å². The Morgan fingerprint density at radius 2 is 1.70 bits per heavy atom. The van der Waals surface area contributed by atoms with Crippen molar-refractivity contribution in [3.63, 3.8) is 0 Å². The predicted molar refractivity (Wildman–Crippen MR) is 132 cm³/mol. The maximum Gasteiger partial charge on any atom is 0.207 e. The van der Waals surface area contributed by atoms with Gasteiger partial charge in [-0.3, -0.25) is 4.99 Å². The van der Waals surface area contributed by atoms with Crippen LogP contribution in [0.1, 0.15) is 32.3 Å². The van der Waals surface area contributed by atoms with Crippen LogP contribution in [0, 0.1) is 0 Å². The second-order valence-electron chi connectivity index (χ2n) is 7.82. The van der Waals surface area contributed by atoms with Gasteiger partial charge in [0.2, 0.25) is 5.88 Å². The smallest absolute Gasteiger partial charge is 0.207 e. The molecule has 174 valence electrons. The molecule has 0 N–H and O–H groups in total. The van der Waals surface area contributed by atoms with E-state index in [1.165, 1.54) is 0 Å². The second kappa shape index (κ2) is 11.2. The summed E-state index contributed by atoms with van der Waals surface area (Å²) in [7, 11) is 1.68. The van der Waals surface area contributed by atoms with Crippen LogP contribution in [0.25, 0.3) is 22.5 Å². The number of furan rings is 1. The van der Waals surface area contributed by atoms with Crippen molar-refractivity contribution in [2.24, 2.45) is 4.99 Å². The summed E-state index contributed by atoms with van der Waals surface area (Å²) in [5.74, 6) is 2.54. The third-order valence-corrected chi connectivity index (χ3v) is 5.67. The molecule has 4 rings (SSSR count). The topological polar surface area (TPSA) is 56.4 Å². The number of fused-ring (bicyclic) bond motifs is 1. The van der Waals surface area contributed by atoms with E-state index in [2.05, 4.69) is 34.2 Å². The van der Waals surface area contributed by atoms with Gasteiger partial charge in [0.15, 0.2) is 6.29 Å². The van der Waals surface area contributed by atoms with Crippen LogP contribution in [-0.2, 0) is 9.47 Å². The van der Waals surface area contributed by atoms with E-state index in [9.17, 15) is 0 Å². The molecule has 2 aromatic carbocycles. The molecule has 6 nitrogen and oxygen atoms in total. The van der Waals surface area contributed by atoms with E-state index in [1.54, 1.807) is 7.11 Å². The van der Waals surface area contributed by atoms with Gasteiger partial charge in [-0.2, -0.15) is 0 Å². The van der Waals surface area contributed by atoms with Gasteiger partial charge >= 0.3 is 0 Å². The molecule has 33 heavy (non-hydrogen) atoms. The van der Waals surface area contributed by atoms with E-state index >= 15 is 0 Å². The van der Waals surface area contributed by atoms with Crippen LogP contribution >= 0.6 is 0 Å². The monoisotopic (exact) mass is 448 g/mol. The molecule has 1 aliphatic heterocycles. The first-order valence-corrected chi connectivity index (χ1v) is 11.6. The van der Waals surface area contributed by atoms with Gasteiger partial charge in [0.1, 0.15) is 18.2 Å². The molecule has 0 fully saturated rings. The number of ether oxygens (including phenoxy) is 3. The van der Waals surface area contributed by atoms with E-state index in [1.807, 2.05) is 50.4 Å². The van der Waals surface area contributed by atoms with Crippen molar-refractivity contribution in [1.29, 1.82) is 0 Å². The van der Waals surface area contributed by atoms with Crippen LogP contribution in [0.15, 0.2) is 64.0 Å². The Kier molecular flexibility index (Phi) is 7.81. The molecule has 6 heteroatoms. The van der Waals surface area contributed by atoms with Gasteiger partial charge in [0.25, 0.3) is 0 Å². The van der Waals surface area contributed by atoms with Gasteiger partial charge in [-0.15, -0.1) is 0 Å². The number of nitrogens with zero attached hydrogens (tertiary/aromatic N) is 2. The standard InChI is InChI=1S/C27H32N2O4/c1-4-31-24(32-5-2)12-9-17-29-19-28-18-23-25(20-13-15-22(30-3)16-14-20)26(33-27(23)29)21-10-7-6-8-11-21/h6-8,10-11,13-16,18,24H,4-5,9,12,17,19H2,1-3H3. The molecule has 0 aliphatic carbocycles. The average molecular weight is 449 g/mol. The summed E-state index contributed by atoms with van der Waals surface area (Å²) in [5, 5.41) is 0. The third kappa shape index (κ3) is 5.29. The second-order valence-corrected chi connectivity index (χ2v) is 7.82. The molecular weight excluding hydrogens is 416 g/mol. The highest BCUT2D eigenvalue weighted by Crippen LogP contribution is 2.43. The SMILES string of the molecule is CCOC(CCCN1CN=Cc2c1oc(-c1ccccc1)c2-c1ccc(OC)cc1)OCC. The fraction of sp³-hybridized carbons (Fsp3) is 0.370. The molecule has 0 saturated heterocycles. The van der Waals surface area contributed by atoms with Crippen molar-refractivity contribution in [2.75, 3.05) is 38.4 Å². The Balaban J connectivity index is 1.64. The summed E-state index contributed by atoms with van der Waals surface area (Å²) in [6.07, 6.45) is 3.51. The van der Waals surface area contributed by atoms with E-state index in [-0.39, 0.29) is 6.29 Å². The molecule has 0 atom stereocenters. The molecule has 0 radical (unpaired) electrons. The van der Waals surface area contributed by atoms with Crippen LogP contribution in [0.2, 0.25) is 0 Å². The van der Waals surface area contributed by atoms with Gasteiger partial charge in [-0.1, -0.05) is 42.5 Å². The number of benzene rings is 2. The largest absolute Gasteiger partial charge is 0.497 e. The average Bonchev–Trinajstić information content (AvgIpc) is 3.25. The van der Waals surface area contributed by atoms with E-state index in [0.29, 0.717) is 19.9 Å². The summed E-state index contributed by atoms with van der Waals surface area (Å²) in [5.41, 5.74) is 4.17. The molecule has 0 saturated carbocycles. The predicted octanol–water partition coefficient (Wildman–Crippen LogP) is 6.00. The Morgan fingerprint density at radius 3 is 2.36 bits per heavy atom. The number of aliphatic imine (C=N–C) groups is 1. The van der Waals surface area contributed by atoms with Gasteiger partial charge in [-0.25, -0.2) is 0 Å². The fourth-order valence-electron chi connectivity index (χ4n) is 4.13. The van der Waals surface area contributed by atoms with Crippen LogP contribution in [0.3, 0.4) is 0 Å². The quantitative estimate of drug-likeness (QED) is 0.337. The van der Waals surface area contributed by atoms with Crippen molar-refractivity contribution >= 4 is 12.1 Å². The lowest BCUT2D eigenvalue weighted by molar-refractivity contribution is -0.139. The van der Waals surface area contributed by atoms with Crippen molar-refractivity contribution in [1.82, 2.24) is 0 Å². The zero-order valence-electron chi connectivity index (χ0n) is 19.6. The summed E-state index contributed by atoms with van der Waals surface area (Å²) in [6, 6.07) is 18.3.